The van der Waals surface area contributed by atoms with Crippen LogP contribution in [0.5, 0.6) is 5.75 Å². The van der Waals surface area contributed by atoms with Gasteiger partial charge in [0.15, 0.2) is 11.6 Å². The van der Waals surface area contributed by atoms with Gasteiger partial charge in [0.05, 0.1) is 6.61 Å². The fourth-order valence-electron chi connectivity index (χ4n) is 3.35. The third-order valence-corrected chi connectivity index (χ3v) is 5.08. The number of rotatable bonds is 9. The Morgan fingerprint density at radius 2 is 1.64 bits per heavy atom. The molecule has 0 unspecified atom stereocenters. The number of nitrogens with zero attached hydrogens (tertiary/aromatic N) is 4. The van der Waals surface area contributed by atoms with Crippen LogP contribution < -0.4 is 14.5 Å². The highest BCUT2D eigenvalue weighted by Crippen LogP contribution is 2.22. The molecule has 2 heterocycles. The minimum Gasteiger partial charge on any atom is -0.494 e. The van der Waals surface area contributed by atoms with Crippen molar-refractivity contribution in [3.8, 4) is 5.75 Å². The van der Waals surface area contributed by atoms with Crippen molar-refractivity contribution in [2.24, 2.45) is 0 Å². The number of carbonyl (C=O) groups is 1. The summed E-state index contributed by atoms with van der Waals surface area (Å²) in [5.74, 6) is 1.72. The van der Waals surface area contributed by atoms with E-state index in [1.807, 2.05) is 6.07 Å². The summed E-state index contributed by atoms with van der Waals surface area (Å²) in [6.07, 6.45) is 4.88. The Hall–Kier alpha value is -2.63. The molecule has 0 N–H and O–H groups in total. The molecule has 3 rings (SSSR count). The van der Waals surface area contributed by atoms with E-state index in [0.29, 0.717) is 5.69 Å². The van der Waals surface area contributed by atoms with E-state index < -0.39 is 0 Å². The lowest BCUT2D eigenvalue weighted by atomic mass is 10.2. The first-order chi connectivity index (χ1) is 13.7. The molecule has 1 aliphatic rings. The van der Waals surface area contributed by atoms with Crippen molar-refractivity contribution >= 4 is 17.3 Å². The molecule has 0 saturated carbocycles. The van der Waals surface area contributed by atoms with Crippen molar-refractivity contribution in [1.29, 1.82) is 0 Å². The van der Waals surface area contributed by atoms with E-state index in [0.717, 1.165) is 50.8 Å². The number of ketones is 1. The van der Waals surface area contributed by atoms with Gasteiger partial charge in [-0.25, -0.2) is 0 Å². The van der Waals surface area contributed by atoms with E-state index in [9.17, 15) is 4.79 Å². The van der Waals surface area contributed by atoms with Crippen molar-refractivity contribution in [1.82, 2.24) is 10.2 Å². The quantitative estimate of drug-likeness (QED) is 0.483. The Bertz CT molecular complexity index is 738. The number of ether oxygens (including phenoxy) is 1. The molecule has 150 valence electrons. The summed E-state index contributed by atoms with van der Waals surface area (Å²) >= 11 is 0. The lowest BCUT2D eigenvalue weighted by Gasteiger charge is -2.36. The Morgan fingerprint density at radius 3 is 2.25 bits per heavy atom. The summed E-state index contributed by atoms with van der Waals surface area (Å²) in [6.45, 7) is 8.12. The van der Waals surface area contributed by atoms with E-state index in [1.54, 1.807) is 6.07 Å². The van der Waals surface area contributed by atoms with Gasteiger partial charge in [-0.3, -0.25) is 4.79 Å². The molecule has 1 aromatic heterocycles. The molecular weight excluding hydrogens is 352 g/mol. The second kappa shape index (κ2) is 10.1. The van der Waals surface area contributed by atoms with Crippen LogP contribution in [-0.4, -0.2) is 48.8 Å². The maximum Gasteiger partial charge on any atom is 0.180 e. The number of hydrogen-bond donors (Lipinski definition) is 0. The standard InChI is InChI=1S/C22H30N4O2/c1-3-4-5-6-17-28-20-9-7-19(8-10-20)25-13-15-26(16-14-25)22-12-11-21(18(2)27)23-24-22/h7-12H,3-6,13-17H2,1-2H3. The van der Waals surface area contributed by atoms with Gasteiger partial charge in [0.1, 0.15) is 11.4 Å². The fraction of sp³-hybridized carbons (Fsp3) is 0.500. The monoisotopic (exact) mass is 382 g/mol. The van der Waals surface area contributed by atoms with E-state index in [-0.39, 0.29) is 5.78 Å². The molecule has 1 aromatic carbocycles. The van der Waals surface area contributed by atoms with Crippen molar-refractivity contribution in [3.63, 3.8) is 0 Å². The molecule has 2 aromatic rings. The number of unbranched alkanes of at least 4 members (excludes halogenated alkanes) is 3. The van der Waals surface area contributed by atoms with Crippen molar-refractivity contribution in [2.75, 3.05) is 42.6 Å². The molecular formula is C22H30N4O2. The van der Waals surface area contributed by atoms with Gasteiger partial charge in [-0.05, 0) is 42.8 Å². The molecule has 1 saturated heterocycles. The van der Waals surface area contributed by atoms with Gasteiger partial charge in [-0.2, -0.15) is 0 Å². The lowest BCUT2D eigenvalue weighted by Crippen LogP contribution is -2.46. The van der Waals surface area contributed by atoms with Crippen molar-refractivity contribution in [3.05, 3.63) is 42.1 Å². The van der Waals surface area contributed by atoms with Gasteiger partial charge >= 0.3 is 0 Å². The molecule has 0 atom stereocenters. The highest BCUT2D eigenvalue weighted by Gasteiger charge is 2.19. The third kappa shape index (κ3) is 5.44. The average molecular weight is 383 g/mol. The summed E-state index contributed by atoms with van der Waals surface area (Å²) in [5.41, 5.74) is 1.63. The summed E-state index contributed by atoms with van der Waals surface area (Å²) < 4.78 is 5.83. The molecule has 0 radical (unpaired) electrons. The molecule has 6 nitrogen and oxygen atoms in total. The maximum absolute atomic E-state index is 11.3. The number of benzene rings is 1. The van der Waals surface area contributed by atoms with Crippen LogP contribution in [0.1, 0.15) is 50.0 Å². The van der Waals surface area contributed by atoms with Crippen LogP contribution in [-0.2, 0) is 0 Å². The zero-order valence-electron chi connectivity index (χ0n) is 16.9. The second-order valence-corrected chi connectivity index (χ2v) is 7.21. The summed E-state index contributed by atoms with van der Waals surface area (Å²) in [7, 11) is 0. The Labute approximate surface area is 167 Å². The molecule has 28 heavy (non-hydrogen) atoms. The van der Waals surface area contributed by atoms with Gasteiger partial charge in [0.25, 0.3) is 0 Å². The maximum atomic E-state index is 11.3. The van der Waals surface area contributed by atoms with Crippen LogP contribution in [0, 0.1) is 0 Å². The van der Waals surface area contributed by atoms with Crippen LogP contribution in [0.15, 0.2) is 36.4 Å². The lowest BCUT2D eigenvalue weighted by molar-refractivity contribution is 0.101. The summed E-state index contributed by atoms with van der Waals surface area (Å²) in [6, 6.07) is 12.0. The molecule has 0 spiro atoms. The minimum atomic E-state index is -0.0581. The van der Waals surface area contributed by atoms with Gasteiger partial charge in [0, 0.05) is 38.8 Å². The number of Topliss-reactive ketones (excluding diaryl/α,β-unsaturated/α-hetero) is 1. The molecule has 0 bridgehead atoms. The highest BCUT2D eigenvalue weighted by atomic mass is 16.5. The summed E-state index contributed by atoms with van der Waals surface area (Å²) in [4.78, 5) is 15.9. The molecule has 1 aliphatic heterocycles. The predicted molar refractivity (Wildman–Crippen MR) is 113 cm³/mol. The number of anilines is 2. The third-order valence-electron chi connectivity index (χ3n) is 5.08. The molecule has 0 aliphatic carbocycles. The number of hydrogen-bond acceptors (Lipinski definition) is 6. The normalized spacial score (nSPS) is 14.2. The largest absolute Gasteiger partial charge is 0.494 e. The minimum absolute atomic E-state index is 0.0581. The summed E-state index contributed by atoms with van der Waals surface area (Å²) in [5, 5.41) is 8.21. The van der Waals surface area contributed by atoms with Crippen LogP contribution in [0.3, 0.4) is 0 Å². The van der Waals surface area contributed by atoms with Crippen LogP contribution in [0.2, 0.25) is 0 Å². The molecule has 0 amide bonds. The SMILES string of the molecule is CCCCCCOc1ccc(N2CCN(c3ccc(C(C)=O)nn3)CC2)cc1. The number of aromatic nitrogens is 2. The molecule has 1 fully saturated rings. The van der Waals surface area contributed by atoms with Crippen LogP contribution in [0.4, 0.5) is 11.5 Å². The molecule has 6 heteroatoms. The smallest absolute Gasteiger partial charge is 0.180 e. The van der Waals surface area contributed by atoms with E-state index in [1.165, 1.54) is 31.9 Å². The van der Waals surface area contributed by atoms with Gasteiger partial charge in [-0.1, -0.05) is 26.2 Å². The Kier molecular flexibility index (Phi) is 7.23. The van der Waals surface area contributed by atoms with E-state index >= 15 is 0 Å². The van der Waals surface area contributed by atoms with Gasteiger partial charge < -0.3 is 14.5 Å². The number of piperazine rings is 1. The van der Waals surface area contributed by atoms with Gasteiger partial charge in [0.2, 0.25) is 0 Å². The topological polar surface area (TPSA) is 58.6 Å². The van der Waals surface area contributed by atoms with E-state index in [4.69, 9.17) is 4.74 Å². The second-order valence-electron chi connectivity index (χ2n) is 7.21. The van der Waals surface area contributed by atoms with Crippen molar-refractivity contribution < 1.29 is 9.53 Å². The zero-order valence-corrected chi connectivity index (χ0v) is 16.9. The van der Waals surface area contributed by atoms with Gasteiger partial charge in [-0.15, -0.1) is 10.2 Å². The highest BCUT2D eigenvalue weighted by molar-refractivity contribution is 5.91. The Morgan fingerprint density at radius 1 is 0.929 bits per heavy atom. The predicted octanol–water partition coefficient (Wildman–Crippen LogP) is 3.96. The van der Waals surface area contributed by atoms with Crippen molar-refractivity contribution in [2.45, 2.75) is 39.5 Å². The first-order valence-electron chi connectivity index (χ1n) is 10.2. The average Bonchev–Trinajstić information content (AvgIpc) is 2.74. The first-order valence-corrected chi connectivity index (χ1v) is 10.2. The van der Waals surface area contributed by atoms with Crippen LogP contribution in [0.25, 0.3) is 0 Å². The van der Waals surface area contributed by atoms with E-state index in [2.05, 4.69) is 51.2 Å². The Balaban J connectivity index is 1.47. The zero-order chi connectivity index (χ0) is 19.8. The fourth-order valence-corrected chi connectivity index (χ4v) is 3.35. The first kappa shape index (κ1) is 20.1. The number of carbonyl (C=O) groups excluding carboxylic acids is 1. The van der Waals surface area contributed by atoms with Crippen LogP contribution >= 0.6 is 0 Å².